The summed E-state index contributed by atoms with van der Waals surface area (Å²) in [6, 6.07) is 3.64. The molecule has 0 fully saturated rings. The van der Waals surface area contributed by atoms with E-state index >= 15 is 0 Å². The average Bonchev–Trinajstić information content (AvgIpc) is 2.33. The van der Waals surface area contributed by atoms with Gasteiger partial charge in [0, 0.05) is 28.7 Å². The van der Waals surface area contributed by atoms with Crippen molar-refractivity contribution < 1.29 is 9.47 Å². The number of methoxy groups -OCH3 is 1. The smallest absolute Gasteiger partial charge is 0.166 e. The Kier molecular flexibility index (Phi) is 5.70. The molecule has 1 aromatic carbocycles. The minimum absolute atomic E-state index is 0.0191. The molecule has 0 aliphatic heterocycles. The van der Waals surface area contributed by atoms with E-state index in [4.69, 9.17) is 21.1 Å². The van der Waals surface area contributed by atoms with Gasteiger partial charge in [-0.25, -0.2) is 0 Å². The van der Waals surface area contributed by atoms with Crippen LogP contribution in [0.3, 0.4) is 0 Å². The summed E-state index contributed by atoms with van der Waals surface area (Å²) in [5.74, 6) is 1.35. The lowest BCUT2D eigenvalue weighted by Crippen LogP contribution is -2.35. The summed E-state index contributed by atoms with van der Waals surface area (Å²) < 4.78 is 11.0. The summed E-state index contributed by atoms with van der Waals surface area (Å²) in [5, 5.41) is 4.05. The minimum Gasteiger partial charge on any atom is -0.493 e. The lowest BCUT2D eigenvalue weighted by Gasteiger charge is -2.22. The third-order valence-electron chi connectivity index (χ3n) is 2.47. The van der Waals surface area contributed by atoms with E-state index in [1.165, 1.54) is 0 Å². The molecular weight excluding hydrogens is 262 g/mol. The van der Waals surface area contributed by atoms with Gasteiger partial charge in [-0.3, -0.25) is 0 Å². The lowest BCUT2D eigenvalue weighted by molar-refractivity contribution is 0.319. The monoisotopic (exact) mass is 283 g/mol. The first kappa shape index (κ1) is 15.9. The highest BCUT2D eigenvalue weighted by Gasteiger charge is 2.15. The van der Waals surface area contributed by atoms with E-state index in [9.17, 15) is 0 Å². The highest BCUT2D eigenvalue weighted by atomic mass is 35.5. The first-order chi connectivity index (χ1) is 8.87. The average molecular weight is 284 g/mol. The van der Waals surface area contributed by atoms with Crippen LogP contribution in [0.25, 0.3) is 0 Å². The molecule has 1 rings (SSSR count). The van der Waals surface area contributed by atoms with Crippen LogP contribution in [-0.2, 0) is 6.54 Å². The summed E-state index contributed by atoms with van der Waals surface area (Å²) in [6.07, 6.45) is 1.70. The van der Waals surface area contributed by atoms with Crippen molar-refractivity contribution in [3.8, 4) is 11.5 Å². The molecule has 0 bridgehead atoms. The summed E-state index contributed by atoms with van der Waals surface area (Å²) in [7, 11) is 1.60. The quantitative estimate of drug-likeness (QED) is 0.806. The molecule has 3 nitrogen and oxygen atoms in total. The van der Waals surface area contributed by atoms with Gasteiger partial charge in [0.15, 0.2) is 11.5 Å². The fourth-order valence-corrected chi connectivity index (χ4v) is 1.80. The summed E-state index contributed by atoms with van der Waals surface area (Å²) in [4.78, 5) is 0. The summed E-state index contributed by atoms with van der Waals surface area (Å²) >= 11 is 6.10. The maximum atomic E-state index is 6.10. The Labute approximate surface area is 120 Å². The fraction of sp³-hybridized carbons (Fsp3) is 0.467. The molecule has 19 heavy (non-hydrogen) atoms. The summed E-state index contributed by atoms with van der Waals surface area (Å²) in [5.41, 5.74) is 0.992. The third-order valence-corrected chi connectivity index (χ3v) is 2.69. The zero-order valence-electron chi connectivity index (χ0n) is 12.0. The maximum Gasteiger partial charge on any atom is 0.166 e. The second-order valence-corrected chi connectivity index (χ2v) is 5.74. The van der Waals surface area contributed by atoms with Crippen LogP contribution in [0, 0.1) is 0 Å². The lowest BCUT2D eigenvalue weighted by atomic mass is 10.1. The number of rotatable bonds is 6. The Balaban J connectivity index is 3.04. The van der Waals surface area contributed by atoms with Crippen LogP contribution in [0.5, 0.6) is 11.5 Å². The van der Waals surface area contributed by atoms with E-state index < -0.39 is 0 Å². The van der Waals surface area contributed by atoms with Crippen molar-refractivity contribution in [2.24, 2.45) is 0 Å². The first-order valence-corrected chi connectivity index (χ1v) is 6.60. The van der Waals surface area contributed by atoms with Gasteiger partial charge >= 0.3 is 0 Å². The number of ether oxygens (including phenoxy) is 2. The topological polar surface area (TPSA) is 30.5 Å². The molecule has 0 atom stereocenters. The molecule has 4 heteroatoms. The molecule has 1 aromatic rings. The van der Waals surface area contributed by atoms with Crippen molar-refractivity contribution in [2.75, 3.05) is 13.7 Å². The van der Waals surface area contributed by atoms with Crippen LogP contribution >= 0.6 is 11.6 Å². The van der Waals surface area contributed by atoms with E-state index in [0.717, 1.165) is 5.56 Å². The maximum absolute atomic E-state index is 6.10. The Morgan fingerprint density at radius 1 is 1.37 bits per heavy atom. The molecule has 0 spiro atoms. The van der Waals surface area contributed by atoms with Gasteiger partial charge in [0.05, 0.1) is 7.11 Å². The van der Waals surface area contributed by atoms with Crippen molar-refractivity contribution in [3.63, 3.8) is 0 Å². The van der Waals surface area contributed by atoms with Gasteiger partial charge in [-0.1, -0.05) is 24.3 Å². The number of halogens is 1. The molecule has 0 aliphatic rings. The molecule has 0 saturated carbocycles. The van der Waals surface area contributed by atoms with Gasteiger partial charge in [0.25, 0.3) is 0 Å². The minimum atomic E-state index is 0.0191. The van der Waals surface area contributed by atoms with Crippen LogP contribution < -0.4 is 14.8 Å². The molecule has 0 heterocycles. The molecular formula is C15H22ClNO2. The number of nitrogens with one attached hydrogen (secondary N) is 1. The second-order valence-electron chi connectivity index (χ2n) is 5.30. The fourth-order valence-electron chi connectivity index (χ4n) is 1.57. The predicted octanol–water partition coefficient (Wildman–Crippen LogP) is 3.80. The van der Waals surface area contributed by atoms with Gasteiger partial charge in [0.1, 0.15) is 6.61 Å². The number of hydrogen-bond donors (Lipinski definition) is 1. The number of hydrogen-bond acceptors (Lipinski definition) is 3. The van der Waals surface area contributed by atoms with Gasteiger partial charge in [-0.05, 0) is 26.8 Å². The van der Waals surface area contributed by atoms with Crippen molar-refractivity contribution >= 4 is 11.6 Å². The van der Waals surface area contributed by atoms with Crippen LogP contribution in [0.15, 0.2) is 24.8 Å². The highest BCUT2D eigenvalue weighted by Crippen LogP contribution is 2.35. The Hall–Kier alpha value is -1.19. The molecule has 0 radical (unpaired) electrons. The van der Waals surface area contributed by atoms with Crippen LogP contribution in [0.1, 0.15) is 26.3 Å². The highest BCUT2D eigenvalue weighted by molar-refractivity contribution is 6.30. The molecule has 0 unspecified atom stereocenters. The zero-order valence-corrected chi connectivity index (χ0v) is 12.8. The molecule has 0 aliphatic carbocycles. The van der Waals surface area contributed by atoms with Gasteiger partial charge in [0.2, 0.25) is 0 Å². The van der Waals surface area contributed by atoms with Gasteiger partial charge < -0.3 is 14.8 Å². The molecule has 1 N–H and O–H groups in total. The molecule has 0 aromatic heterocycles. The van der Waals surface area contributed by atoms with E-state index in [1.807, 2.05) is 6.07 Å². The van der Waals surface area contributed by atoms with E-state index in [-0.39, 0.29) is 5.54 Å². The Morgan fingerprint density at radius 3 is 2.58 bits per heavy atom. The Bertz CT molecular complexity index is 439. The predicted molar refractivity (Wildman–Crippen MR) is 80.3 cm³/mol. The van der Waals surface area contributed by atoms with Crippen LogP contribution in [-0.4, -0.2) is 19.3 Å². The van der Waals surface area contributed by atoms with E-state index in [0.29, 0.717) is 29.7 Å². The van der Waals surface area contributed by atoms with Crippen molar-refractivity contribution in [1.82, 2.24) is 5.32 Å². The molecule has 106 valence electrons. The van der Waals surface area contributed by atoms with Crippen molar-refractivity contribution in [2.45, 2.75) is 32.9 Å². The first-order valence-electron chi connectivity index (χ1n) is 6.22. The van der Waals surface area contributed by atoms with Gasteiger partial charge in [-0.15, -0.1) is 0 Å². The van der Waals surface area contributed by atoms with E-state index in [1.54, 1.807) is 19.3 Å². The summed E-state index contributed by atoms with van der Waals surface area (Å²) in [6.45, 7) is 11.1. The van der Waals surface area contributed by atoms with Crippen LogP contribution in [0.4, 0.5) is 0 Å². The van der Waals surface area contributed by atoms with E-state index in [2.05, 4.69) is 32.7 Å². The largest absolute Gasteiger partial charge is 0.493 e. The van der Waals surface area contributed by atoms with Gasteiger partial charge in [-0.2, -0.15) is 0 Å². The SMILES string of the molecule is C=CCOc1c(CNC(C)(C)C)cc(Cl)cc1OC. The standard InChI is InChI=1S/C15H22ClNO2/c1-6-7-19-14-11(10-17-15(2,3)4)8-12(16)9-13(14)18-5/h6,8-9,17H,1,7,10H2,2-5H3. The number of benzene rings is 1. The normalized spacial score (nSPS) is 11.2. The molecule has 0 saturated heterocycles. The third kappa shape index (κ3) is 5.13. The zero-order chi connectivity index (χ0) is 14.5. The van der Waals surface area contributed by atoms with Crippen LogP contribution in [0.2, 0.25) is 5.02 Å². The van der Waals surface area contributed by atoms with Crippen molar-refractivity contribution in [3.05, 3.63) is 35.4 Å². The second kappa shape index (κ2) is 6.83. The molecule has 0 amide bonds. The van der Waals surface area contributed by atoms with Crippen molar-refractivity contribution in [1.29, 1.82) is 0 Å². The Morgan fingerprint density at radius 2 is 2.05 bits per heavy atom.